The summed E-state index contributed by atoms with van der Waals surface area (Å²) in [4.78, 5) is 0. The lowest BCUT2D eigenvalue weighted by Gasteiger charge is -1.92. The second kappa shape index (κ2) is 2.14. The molecule has 0 aromatic heterocycles. The zero-order valence-corrected chi connectivity index (χ0v) is 5.02. The van der Waals surface area contributed by atoms with Crippen LogP contribution in [0.1, 0.15) is 13.3 Å². The number of allylic oxidation sites excluding steroid dienone is 3. The first kappa shape index (κ1) is 5.57. The van der Waals surface area contributed by atoms with E-state index < -0.39 is 0 Å². The topological polar surface area (TPSA) is 20.2 Å². The first-order valence-electron chi connectivity index (χ1n) is 2.79. The Morgan fingerprint density at radius 2 is 2.38 bits per heavy atom. The van der Waals surface area contributed by atoms with Gasteiger partial charge in [-0.25, -0.2) is 0 Å². The molecule has 8 heavy (non-hydrogen) atoms. The predicted molar refractivity (Wildman–Crippen MR) is 33.5 cm³/mol. The van der Waals surface area contributed by atoms with Crippen LogP contribution in [-0.4, -0.2) is 11.7 Å². The molecule has 0 aliphatic heterocycles. The maximum absolute atomic E-state index is 8.58. The fourth-order valence-electron chi connectivity index (χ4n) is 0.845. The molecule has 1 aliphatic rings. The zero-order valence-electron chi connectivity index (χ0n) is 5.02. The second-order valence-corrected chi connectivity index (χ2v) is 2.17. The van der Waals surface area contributed by atoms with Crippen LogP contribution in [-0.2, 0) is 0 Å². The lowest BCUT2D eigenvalue weighted by molar-refractivity contribution is 0.329. The zero-order chi connectivity index (χ0) is 5.98. The fourth-order valence-corrected chi connectivity index (χ4v) is 0.845. The third-order valence-corrected chi connectivity index (χ3v) is 1.31. The van der Waals surface area contributed by atoms with Crippen molar-refractivity contribution in [1.29, 1.82) is 0 Å². The van der Waals surface area contributed by atoms with Crippen molar-refractivity contribution in [2.75, 3.05) is 6.61 Å². The first-order chi connectivity index (χ1) is 3.83. The summed E-state index contributed by atoms with van der Waals surface area (Å²) in [6.45, 7) is 2.28. The summed E-state index contributed by atoms with van der Waals surface area (Å²) < 4.78 is 0. The van der Waals surface area contributed by atoms with Gasteiger partial charge < -0.3 is 5.11 Å². The number of hydrogen-bond donors (Lipinski definition) is 1. The van der Waals surface area contributed by atoms with Crippen LogP contribution in [0.4, 0.5) is 0 Å². The number of hydrogen-bond acceptors (Lipinski definition) is 1. The van der Waals surface area contributed by atoms with Gasteiger partial charge >= 0.3 is 0 Å². The molecule has 0 spiro atoms. The van der Waals surface area contributed by atoms with Gasteiger partial charge in [0.15, 0.2) is 0 Å². The summed E-state index contributed by atoms with van der Waals surface area (Å²) in [6.07, 6.45) is 5.00. The average molecular weight is 110 g/mol. The minimum atomic E-state index is 0.216. The average Bonchev–Trinajstić information content (AvgIpc) is 2.14. The van der Waals surface area contributed by atoms with E-state index in [1.165, 1.54) is 5.57 Å². The van der Waals surface area contributed by atoms with Crippen molar-refractivity contribution >= 4 is 0 Å². The summed E-state index contributed by atoms with van der Waals surface area (Å²) in [5.41, 5.74) is 2.47. The first-order valence-corrected chi connectivity index (χ1v) is 2.79. The SMILES string of the molecule is CC1=CC=C(CO)C1. The standard InChI is InChI=1S/C7H10O/c1-6-2-3-7(4-6)5-8/h2-3,8H,4-5H2,1H3. The Bertz CT molecular complexity index is 142. The number of aliphatic hydroxyl groups excluding tert-OH is 1. The molecule has 0 saturated heterocycles. The molecule has 0 aromatic carbocycles. The lowest BCUT2D eigenvalue weighted by atomic mass is 10.2. The minimum Gasteiger partial charge on any atom is -0.392 e. The van der Waals surface area contributed by atoms with Gasteiger partial charge in [-0.2, -0.15) is 0 Å². The Labute approximate surface area is 49.3 Å². The van der Waals surface area contributed by atoms with Gasteiger partial charge in [-0.15, -0.1) is 0 Å². The molecule has 0 heterocycles. The summed E-state index contributed by atoms with van der Waals surface area (Å²) in [6, 6.07) is 0. The van der Waals surface area contributed by atoms with Gasteiger partial charge in [0.05, 0.1) is 6.61 Å². The van der Waals surface area contributed by atoms with Crippen LogP contribution in [0.15, 0.2) is 23.3 Å². The third kappa shape index (κ3) is 0.984. The molecule has 0 aromatic rings. The van der Waals surface area contributed by atoms with Crippen molar-refractivity contribution in [2.24, 2.45) is 0 Å². The van der Waals surface area contributed by atoms with Crippen LogP contribution < -0.4 is 0 Å². The van der Waals surface area contributed by atoms with Crippen molar-refractivity contribution in [1.82, 2.24) is 0 Å². The molecule has 0 saturated carbocycles. The number of aliphatic hydroxyl groups is 1. The summed E-state index contributed by atoms with van der Waals surface area (Å²) >= 11 is 0. The highest BCUT2D eigenvalue weighted by Crippen LogP contribution is 2.16. The van der Waals surface area contributed by atoms with E-state index in [9.17, 15) is 0 Å². The quantitative estimate of drug-likeness (QED) is 0.538. The van der Waals surface area contributed by atoms with E-state index in [0.29, 0.717) is 0 Å². The van der Waals surface area contributed by atoms with E-state index in [0.717, 1.165) is 12.0 Å². The highest BCUT2D eigenvalue weighted by atomic mass is 16.3. The second-order valence-electron chi connectivity index (χ2n) is 2.17. The van der Waals surface area contributed by atoms with Crippen LogP contribution in [0.3, 0.4) is 0 Å². The molecule has 44 valence electrons. The van der Waals surface area contributed by atoms with Gasteiger partial charge in [0.2, 0.25) is 0 Å². The Hall–Kier alpha value is -0.560. The van der Waals surface area contributed by atoms with E-state index in [2.05, 4.69) is 6.92 Å². The van der Waals surface area contributed by atoms with Crippen molar-refractivity contribution in [3.8, 4) is 0 Å². The van der Waals surface area contributed by atoms with Crippen LogP contribution in [0.2, 0.25) is 0 Å². The van der Waals surface area contributed by atoms with Crippen molar-refractivity contribution in [3.05, 3.63) is 23.3 Å². The monoisotopic (exact) mass is 110 g/mol. The molecule has 0 radical (unpaired) electrons. The predicted octanol–water partition coefficient (Wildman–Crippen LogP) is 1.26. The van der Waals surface area contributed by atoms with Gasteiger partial charge in [0, 0.05) is 0 Å². The molecule has 0 amide bonds. The fraction of sp³-hybridized carbons (Fsp3) is 0.429. The molecular weight excluding hydrogens is 100 g/mol. The van der Waals surface area contributed by atoms with Crippen LogP contribution in [0.5, 0.6) is 0 Å². The highest BCUT2D eigenvalue weighted by molar-refractivity contribution is 5.28. The van der Waals surface area contributed by atoms with Gasteiger partial charge in [0.25, 0.3) is 0 Å². The summed E-state index contributed by atoms with van der Waals surface area (Å²) in [5, 5.41) is 8.58. The molecule has 0 unspecified atom stereocenters. The Balaban J connectivity index is 2.49. The van der Waals surface area contributed by atoms with Crippen LogP contribution in [0, 0.1) is 0 Å². The summed E-state index contributed by atoms with van der Waals surface area (Å²) in [5.74, 6) is 0. The van der Waals surface area contributed by atoms with Gasteiger partial charge in [-0.1, -0.05) is 17.7 Å². The van der Waals surface area contributed by atoms with E-state index in [4.69, 9.17) is 5.11 Å². The van der Waals surface area contributed by atoms with Gasteiger partial charge in [-0.05, 0) is 18.9 Å². The molecule has 0 fully saturated rings. The molecule has 1 aliphatic carbocycles. The normalized spacial score (nSPS) is 18.2. The Morgan fingerprint density at radius 3 is 2.62 bits per heavy atom. The molecule has 1 heteroatoms. The molecule has 1 rings (SSSR count). The number of rotatable bonds is 1. The molecule has 1 N–H and O–H groups in total. The summed E-state index contributed by atoms with van der Waals surface area (Å²) in [7, 11) is 0. The maximum Gasteiger partial charge on any atom is 0.0647 e. The van der Waals surface area contributed by atoms with Crippen LogP contribution >= 0.6 is 0 Å². The molecular formula is C7H10O. The van der Waals surface area contributed by atoms with Crippen molar-refractivity contribution in [3.63, 3.8) is 0 Å². The van der Waals surface area contributed by atoms with Gasteiger partial charge in [0.1, 0.15) is 0 Å². The smallest absolute Gasteiger partial charge is 0.0647 e. The lowest BCUT2D eigenvalue weighted by Crippen LogP contribution is -1.85. The molecule has 0 bridgehead atoms. The Kier molecular flexibility index (Phi) is 1.49. The van der Waals surface area contributed by atoms with Crippen molar-refractivity contribution in [2.45, 2.75) is 13.3 Å². The largest absolute Gasteiger partial charge is 0.392 e. The Morgan fingerprint density at radius 1 is 1.62 bits per heavy atom. The van der Waals surface area contributed by atoms with E-state index in [-0.39, 0.29) is 6.61 Å². The molecule has 0 atom stereocenters. The van der Waals surface area contributed by atoms with Crippen LogP contribution in [0.25, 0.3) is 0 Å². The molecule has 1 nitrogen and oxygen atoms in total. The van der Waals surface area contributed by atoms with E-state index >= 15 is 0 Å². The highest BCUT2D eigenvalue weighted by Gasteiger charge is 2.00. The van der Waals surface area contributed by atoms with E-state index in [1.807, 2.05) is 12.2 Å². The van der Waals surface area contributed by atoms with Crippen molar-refractivity contribution < 1.29 is 5.11 Å². The van der Waals surface area contributed by atoms with Gasteiger partial charge in [-0.3, -0.25) is 0 Å². The van der Waals surface area contributed by atoms with E-state index in [1.54, 1.807) is 0 Å². The third-order valence-electron chi connectivity index (χ3n) is 1.31. The minimum absolute atomic E-state index is 0.216. The maximum atomic E-state index is 8.58.